The van der Waals surface area contributed by atoms with Crippen LogP contribution in [0, 0.1) is 11.3 Å². The smallest absolute Gasteiger partial charge is 0.549 e. The molecule has 0 atom stereocenters. The number of carboxylic acids is 2. The molecule has 0 amide bonds. The summed E-state index contributed by atoms with van der Waals surface area (Å²) in [6.07, 6.45) is 4.18. The van der Waals surface area contributed by atoms with Gasteiger partial charge in [0.25, 0.3) is 0 Å². The van der Waals surface area contributed by atoms with Gasteiger partial charge in [-0.05, 0) is 25.2 Å². The van der Waals surface area contributed by atoms with Crippen molar-refractivity contribution < 1.29 is 101 Å². The number of hydrogen-bond donors (Lipinski definition) is 0. The Morgan fingerprint density at radius 3 is 1.82 bits per heavy atom. The quantitative estimate of drug-likeness (QED) is 0.377. The van der Waals surface area contributed by atoms with E-state index in [1.54, 1.807) is 6.92 Å². The molecule has 0 aromatic heterocycles. The van der Waals surface area contributed by atoms with Crippen LogP contribution in [0.1, 0.15) is 45.4 Å². The fourth-order valence-corrected chi connectivity index (χ4v) is 2.59. The molecule has 1 fully saturated rings. The molecule has 0 aromatic carbocycles. The summed E-state index contributed by atoms with van der Waals surface area (Å²) in [6.45, 7) is 1.57. The third-order valence-corrected chi connectivity index (χ3v) is 3.59. The second kappa shape index (κ2) is 9.48. The standard InChI is InChI=1S/C11H18O4.K.Na/c1-2-11(9(12)13,10(14)15)8-6-4-3-5-7-8;;/h8H,2-7H2,1H3,(H,12,13)(H,14,15);;/q;2*+1/p-2. The second-order valence-corrected chi connectivity index (χ2v) is 4.23. The van der Waals surface area contributed by atoms with Crippen LogP contribution < -0.4 is 91.2 Å². The molecule has 0 heterocycles. The zero-order valence-corrected chi connectivity index (χ0v) is 16.1. The summed E-state index contributed by atoms with van der Waals surface area (Å²) in [4.78, 5) is 22.1. The molecule has 0 N–H and O–H groups in total. The van der Waals surface area contributed by atoms with E-state index < -0.39 is 17.4 Å². The molecule has 17 heavy (non-hydrogen) atoms. The third kappa shape index (κ3) is 4.56. The maximum atomic E-state index is 11.1. The van der Waals surface area contributed by atoms with Crippen molar-refractivity contribution in [3.05, 3.63) is 0 Å². The minimum absolute atomic E-state index is 0. The van der Waals surface area contributed by atoms with E-state index in [0.29, 0.717) is 12.8 Å². The first kappa shape index (κ1) is 20.9. The number of carbonyl (C=O) groups excluding carboxylic acids is 2. The van der Waals surface area contributed by atoms with Crippen molar-refractivity contribution >= 4 is 11.9 Å². The van der Waals surface area contributed by atoms with Crippen molar-refractivity contribution in [2.45, 2.75) is 45.4 Å². The number of aliphatic carboxylic acids is 2. The van der Waals surface area contributed by atoms with Gasteiger partial charge in [0.1, 0.15) is 0 Å². The van der Waals surface area contributed by atoms with Gasteiger partial charge in [-0.25, -0.2) is 0 Å². The van der Waals surface area contributed by atoms with Crippen LogP contribution in [0.4, 0.5) is 0 Å². The van der Waals surface area contributed by atoms with Crippen molar-refractivity contribution in [3.8, 4) is 0 Å². The molecule has 0 bridgehead atoms. The van der Waals surface area contributed by atoms with Gasteiger partial charge in [0.2, 0.25) is 0 Å². The molecule has 86 valence electrons. The van der Waals surface area contributed by atoms with Gasteiger partial charge >= 0.3 is 80.9 Å². The number of rotatable bonds is 4. The summed E-state index contributed by atoms with van der Waals surface area (Å²) in [5.41, 5.74) is -1.78. The van der Waals surface area contributed by atoms with Gasteiger partial charge in [0.15, 0.2) is 0 Å². The van der Waals surface area contributed by atoms with E-state index in [1.807, 2.05) is 0 Å². The van der Waals surface area contributed by atoms with Gasteiger partial charge in [0.05, 0.1) is 17.4 Å². The Bertz CT molecular complexity index is 250. The van der Waals surface area contributed by atoms with Gasteiger partial charge in [-0.3, -0.25) is 0 Å². The summed E-state index contributed by atoms with van der Waals surface area (Å²) in [5, 5.41) is 22.1. The maximum Gasteiger partial charge on any atom is 1.00 e. The van der Waals surface area contributed by atoms with E-state index in [2.05, 4.69) is 0 Å². The average Bonchev–Trinajstić information content (AvgIpc) is 2.20. The van der Waals surface area contributed by atoms with Gasteiger partial charge in [-0.1, -0.05) is 26.2 Å². The Hall–Kier alpha value is 1.58. The summed E-state index contributed by atoms with van der Waals surface area (Å²) in [6, 6.07) is 0. The van der Waals surface area contributed by atoms with Crippen molar-refractivity contribution in [2.75, 3.05) is 0 Å². The van der Waals surface area contributed by atoms with Crippen LogP contribution in [0.2, 0.25) is 0 Å². The summed E-state index contributed by atoms with van der Waals surface area (Å²) >= 11 is 0. The Labute approximate surface area is 167 Å². The van der Waals surface area contributed by atoms with Crippen LogP contribution in [-0.2, 0) is 9.59 Å². The fourth-order valence-electron chi connectivity index (χ4n) is 2.59. The third-order valence-electron chi connectivity index (χ3n) is 3.59. The van der Waals surface area contributed by atoms with Crippen molar-refractivity contribution in [3.63, 3.8) is 0 Å². The topological polar surface area (TPSA) is 80.3 Å². The van der Waals surface area contributed by atoms with E-state index in [1.165, 1.54) is 0 Å². The molecule has 6 heteroatoms. The SMILES string of the molecule is CCC(C(=O)[O-])(C(=O)[O-])C1CCCCC1.[K+].[Na+]. The normalized spacial score (nSPS) is 16.5. The van der Waals surface area contributed by atoms with Crippen LogP contribution in [0.5, 0.6) is 0 Å². The molecule has 0 saturated heterocycles. The van der Waals surface area contributed by atoms with Crippen LogP contribution >= 0.6 is 0 Å². The predicted octanol–water partition coefficient (Wildman–Crippen LogP) is -6.53. The summed E-state index contributed by atoms with van der Waals surface area (Å²) in [5.74, 6) is -3.31. The van der Waals surface area contributed by atoms with Gasteiger partial charge in [-0.15, -0.1) is 0 Å². The van der Waals surface area contributed by atoms with E-state index in [0.717, 1.165) is 19.3 Å². The van der Waals surface area contributed by atoms with Crippen molar-refractivity contribution in [1.29, 1.82) is 0 Å². The molecule has 0 unspecified atom stereocenters. The van der Waals surface area contributed by atoms with Crippen LogP contribution in [0.3, 0.4) is 0 Å². The molecule has 0 aliphatic heterocycles. The Morgan fingerprint density at radius 2 is 1.53 bits per heavy atom. The molecule has 1 saturated carbocycles. The van der Waals surface area contributed by atoms with Crippen molar-refractivity contribution in [1.82, 2.24) is 0 Å². The second-order valence-electron chi connectivity index (χ2n) is 4.23. The molecule has 0 aromatic rings. The van der Waals surface area contributed by atoms with Crippen LogP contribution in [-0.4, -0.2) is 11.9 Å². The van der Waals surface area contributed by atoms with E-state index in [-0.39, 0.29) is 93.3 Å². The Kier molecular flexibility index (Phi) is 11.6. The van der Waals surface area contributed by atoms with Crippen molar-refractivity contribution in [2.24, 2.45) is 11.3 Å². The minimum atomic E-state index is -1.78. The predicted molar refractivity (Wildman–Crippen MR) is 49.3 cm³/mol. The zero-order valence-electron chi connectivity index (χ0n) is 11.0. The first-order chi connectivity index (χ1) is 7.05. The Balaban J connectivity index is 0. The zero-order chi connectivity index (χ0) is 11.5. The van der Waals surface area contributed by atoms with Gasteiger partial charge in [-0.2, -0.15) is 0 Å². The van der Waals surface area contributed by atoms with Crippen LogP contribution in [0.15, 0.2) is 0 Å². The summed E-state index contributed by atoms with van der Waals surface area (Å²) < 4.78 is 0. The number of carboxylic acid groups (broad SMARTS) is 2. The first-order valence-electron chi connectivity index (χ1n) is 5.48. The Morgan fingerprint density at radius 1 is 1.12 bits per heavy atom. The first-order valence-corrected chi connectivity index (χ1v) is 5.48. The summed E-state index contributed by atoms with van der Waals surface area (Å²) in [7, 11) is 0. The molecule has 0 spiro atoms. The fraction of sp³-hybridized carbons (Fsp3) is 0.818. The molecule has 1 aliphatic rings. The van der Waals surface area contributed by atoms with E-state index >= 15 is 0 Å². The molecular weight excluding hydrogens is 258 g/mol. The largest absolute Gasteiger partial charge is 1.00 e. The number of carbonyl (C=O) groups is 2. The van der Waals surface area contributed by atoms with Crippen LogP contribution in [0.25, 0.3) is 0 Å². The van der Waals surface area contributed by atoms with E-state index in [4.69, 9.17) is 0 Å². The average molecular weight is 274 g/mol. The molecule has 1 rings (SSSR count). The minimum Gasteiger partial charge on any atom is -0.549 e. The number of hydrogen-bond acceptors (Lipinski definition) is 4. The molecule has 0 radical (unpaired) electrons. The molecule has 4 nitrogen and oxygen atoms in total. The van der Waals surface area contributed by atoms with Gasteiger partial charge < -0.3 is 19.8 Å². The van der Waals surface area contributed by atoms with Gasteiger partial charge in [0, 0.05) is 0 Å². The molecule has 1 aliphatic carbocycles. The van der Waals surface area contributed by atoms with E-state index in [9.17, 15) is 19.8 Å². The maximum absolute atomic E-state index is 11.1. The molecular formula is C11H16KNaO4. The monoisotopic (exact) mass is 274 g/mol.